The summed E-state index contributed by atoms with van der Waals surface area (Å²) < 4.78 is 1.64. The molecule has 0 saturated carbocycles. The molecule has 5 nitrogen and oxygen atoms in total. The third-order valence-corrected chi connectivity index (χ3v) is 5.36. The second kappa shape index (κ2) is 6.13. The van der Waals surface area contributed by atoms with Crippen LogP contribution in [0.1, 0.15) is 33.3 Å². The largest absolute Gasteiger partial charge is 0.310 e. The number of rotatable bonds is 3. The van der Waals surface area contributed by atoms with Gasteiger partial charge in [-0.2, -0.15) is 5.10 Å². The maximum atomic E-state index is 12.9. The quantitative estimate of drug-likeness (QED) is 0.701. The van der Waals surface area contributed by atoms with Crippen molar-refractivity contribution < 1.29 is 9.59 Å². The molecule has 1 N–H and O–H groups in total. The first kappa shape index (κ1) is 16.1. The third-order valence-electron chi connectivity index (χ3n) is 4.24. The molecule has 1 aromatic carbocycles. The van der Waals surface area contributed by atoms with Gasteiger partial charge in [0, 0.05) is 17.0 Å². The van der Waals surface area contributed by atoms with E-state index in [4.69, 9.17) is 11.6 Å². The standard InChI is InChI=1S/C18H14ClN3O2S/c1-10-16-13(17(24)14-6-3-7-25-14)9-15(23)20-18(16)22(21-10)12-5-2-4-11(19)8-12/h2-8,13H,9H2,1H3,(H,20,23). The van der Waals surface area contributed by atoms with Crippen molar-refractivity contribution in [2.24, 2.45) is 0 Å². The van der Waals surface area contributed by atoms with E-state index in [1.54, 1.807) is 22.9 Å². The van der Waals surface area contributed by atoms with E-state index in [1.165, 1.54) is 11.3 Å². The SMILES string of the molecule is Cc1nn(-c2cccc(Cl)c2)c2c1C(C(=O)c1cccs1)CC(=O)N2. The normalized spacial score (nSPS) is 16.4. The van der Waals surface area contributed by atoms with Crippen molar-refractivity contribution in [2.75, 3.05) is 5.32 Å². The van der Waals surface area contributed by atoms with Gasteiger partial charge in [-0.3, -0.25) is 9.59 Å². The monoisotopic (exact) mass is 371 g/mol. The Morgan fingerprint density at radius 3 is 2.92 bits per heavy atom. The van der Waals surface area contributed by atoms with Gasteiger partial charge in [-0.05, 0) is 36.6 Å². The minimum absolute atomic E-state index is 0.0418. The van der Waals surface area contributed by atoms with Crippen molar-refractivity contribution >= 4 is 40.4 Å². The highest BCUT2D eigenvalue weighted by Gasteiger charge is 2.36. The van der Waals surface area contributed by atoms with Gasteiger partial charge in [-0.15, -0.1) is 11.3 Å². The first-order chi connectivity index (χ1) is 12.0. The van der Waals surface area contributed by atoms with Crippen molar-refractivity contribution in [3.05, 3.63) is 62.9 Å². The Balaban J connectivity index is 1.85. The number of anilines is 1. The summed E-state index contributed by atoms with van der Waals surface area (Å²) in [6.07, 6.45) is 0.131. The number of carbonyl (C=O) groups excluding carboxylic acids is 2. The fourth-order valence-corrected chi connectivity index (χ4v) is 4.06. The molecule has 0 spiro atoms. The first-order valence-corrected chi connectivity index (χ1v) is 9.03. The molecule has 7 heteroatoms. The molecule has 1 amide bonds. The van der Waals surface area contributed by atoms with Gasteiger partial charge >= 0.3 is 0 Å². The number of benzene rings is 1. The maximum Gasteiger partial charge on any atom is 0.226 e. The molecular formula is C18H14ClN3O2S. The Bertz CT molecular complexity index is 978. The molecule has 126 valence electrons. The Labute approximate surface area is 153 Å². The van der Waals surface area contributed by atoms with Gasteiger partial charge in [0.1, 0.15) is 5.82 Å². The van der Waals surface area contributed by atoms with E-state index < -0.39 is 5.92 Å². The van der Waals surface area contributed by atoms with Crippen LogP contribution in [0.4, 0.5) is 5.82 Å². The summed E-state index contributed by atoms with van der Waals surface area (Å²) in [5.41, 5.74) is 2.24. The molecule has 1 atom stereocenters. The van der Waals surface area contributed by atoms with Crippen molar-refractivity contribution in [1.29, 1.82) is 0 Å². The number of halogens is 1. The van der Waals surface area contributed by atoms with Crippen LogP contribution in [0.5, 0.6) is 0 Å². The first-order valence-electron chi connectivity index (χ1n) is 7.77. The fourth-order valence-electron chi connectivity index (χ4n) is 3.16. The average Bonchev–Trinajstić information content (AvgIpc) is 3.22. The van der Waals surface area contributed by atoms with E-state index >= 15 is 0 Å². The van der Waals surface area contributed by atoms with Gasteiger partial charge in [0.25, 0.3) is 0 Å². The van der Waals surface area contributed by atoms with Crippen LogP contribution in [-0.4, -0.2) is 21.5 Å². The lowest BCUT2D eigenvalue weighted by Gasteiger charge is -2.22. The number of nitrogens with one attached hydrogen (secondary N) is 1. The number of aromatic nitrogens is 2. The number of amides is 1. The molecule has 1 unspecified atom stereocenters. The van der Waals surface area contributed by atoms with E-state index in [2.05, 4.69) is 10.4 Å². The van der Waals surface area contributed by atoms with Gasteiger partial charge in [-0.1, -0.05) is 23.7 Å². The highest BCUT2D eigenvalue weighted by Crippen LogP contribution is 2.38. The summed E-state index contributed by atoms with van der Waals surface area (Å²) >= 11 is 7.46. The van der Waals surface area contributed by atoms with Crippen molar-refractivity contribution in [2.45, 2.75) is 19.3 Å². The number of hydrogen-bond acceptors (Lipinski definition) is 4. The summed E-state index contributed by atoms with van der Waals surface area (Å²) in [6.45, 7) is 1.85. The average molecular weight is 372 g/mol. The molecule has 2 aromatic heterocycles. The van der Waals surface area contributed by atoms with E-state index in [0.717, 1.165) is 16.9 Å². The smallest absolute Gasteiger partial charge is 0.226 e. The molecule has 0 radical (unpaired) electrons. The van der Waals surface area contributed by atoms with Gasteiger partial charge in [0.05, 0.1) is 22.2 Å². The van der Waals surface area contributed by atoms with Crippen molar-refractivity contribution in [3.63, 3.8) is 0 Å². The highest BCUT2D eigenvalue weighted by atomic mass is 35.5. The predicted molar refractivity (Wildman–Crippen MR) is 97.9 cm³/mol. The molecule has 3 aromatic rings. The summed E-state index contributed by atoms with van der Waals surface area (Å²) in [7, 11) is 0. The zero-order valence-electron chi connectivity index (χ0n) is 13.3. The number of carbonyl (C=O) groups is 2. The maximum absolute atomic E-state index is 12.9. The Morgan fingerprint density at radius 1 is 1.36 bits per heavy atom. The van der Waals surface area contributed by atoms with E-state index in [-0.39, 0.29) is 18.1 Å². The second-order valence-electron chi connectivity index (χ2n) is 5.89. The lowest BCUT2D eigenvalue weighted by molar-refractivity contribution is -0.116. The van der Waals surface area contributed by atoms with Gasteiger partial charge in [-0.25, -0.2) is 4.68 Å². The number of hydrogen-bond donors (Lipinski definition) is 1. The van der Waals surface area contributed by atoms with Crippen LogP contribution in [0.3, 0.4) is 0 Å². The minimum Gasteiger partial charge on any atom is -0.310 e. The molecule has 0 bridgehead atoms. The highest BCUT2D eigenvalue weighted by molar-refractivity contribution is 7.12. The Morgan fingerprint density at radius 2 is 2.20 bits per heavy atom. The molecule has 1 aliphatic rings. The van der Waals surface area contributed by atoms with Crippen molar-refractivity contribution in [1.82, 2.24) is 9.78 Å². The van der Waals surface area contributed by atoms with Crippen LogP contribution < -0.4 is 5.32 Å². The summed E-state index contributed by atoms with van der Waals surface area (Å²) in [6, 6.07) is 10.8. The third kappa shape index (κ3) is 2.77. The van der Waals surface area contributed by atoms with Crippen molar-refractivity contribution in [3.8, 4) is 5.69 Å². The van der Waals surface area contributed by atoms with E-state index in [0.29, 0.717) is 15.7 Å². The molecule has 0 aliphatic carbocycles. The number of aryl methyl sites for hydroxylation is 1. The zero-order valence-corrected chi connectivity index (χ0v) is 14.9. The zero-order chi connectivity index (χ0) is 17.6. The van der Waals surface area contributed by atoms with Crippen LogP contribution in [-0.2, 0) is 4.79 Å². The fraction of sp³-hybridized carbons (Fsp3) is 0.167. The van der Waals surface area contributed by atoms with E-state index in [1.807, 2.05) is 30.5 Å². The topological polar surface area (TPSA) is 64.0 Å². The number of Topliss-reactive ketones (excluding diaryl/α,β-unsaturated/α-hetero) is 1. The lowest BCUT2D eigenvalue weighted by atomic mass is 9.87. The van der Waals surface area contributed by atoms with Crippen LogP contribution in [0.2, 0.25) is 5.02 Å². The summed E-state index contributed by atoms with van der Waals surface area (Å²) in [5.74, 6) is -0.202. The second-order valence-corrected chi connectivity index (χ2v) is 7.27. The number of thiophene rings is 1. The summed E-state index contributed by atoms with van der Waals surface area (Å²) in [4.78, 5) is 25.8. The van der Waals surface area contributed by atoms with E-state index in [9.17, 15) is 9.59 Å². The van der Waals surface area contributed by atoms with Gasteiger partial charge < -0.3 is 5.32 Å². The molecule has 25 heavy (non-hydrogen) atoms. The minimum atomic E-state index is -0.518. The van der Waals surface area contributed by atoms with Gasteiger partial charge in [0.15, 0.2) is 5.78 Å². The predicted octanol–water partition coefficient (Wildman–Crippen LogP) is 4.20. The van der Waals surface area contributed by atoms with Crippen LogP contribution in [0.15, 0.2) is 41.8 Å². The molecular weight excluding hydrogens is 358 g/mol. The lowest BCUT2D eigenvalue weighted by Crippen LogP contribution is -2.28. The summed E-state index contributed by atoms with van der Waals surface area (Å²) in [5, 5.41) is 9.85. The Hall–Kier alpha value is -2.44. The molecule has 0 fully saturated rings. The number of ketones is 1. The molecule has 1 aliphatic heterocycles. The molecule has 4 rings (SSSR count). The Kier molecular flexibility index (Phi) is 3.94. The number of nitrogens with zero attached hydrogens (tertiary/aromatic N) is 2. The van der Waals surface area contributed by atoms with Crippen LogP contribution in [0, 0.1) is 6.92 Å². The van der Waals surface area contributed by atoms with Gasteiger partial charge in [0.2, 0.25) is 5.91 Å². The molecule has 3 heterocycles. The number of fused-ring (bicyclic) bond motifs is 1. The molecule has 0 saturated heterocycles. The van der Waals surface area contributed by atoms with Crippen LogP contribution in [0.25, 0.3) is 5.69 Å². The van der Waals surface area contributed by atoms with Crippen LogP contribution >= 0.6 is 22.9 Å².